The number of benzene rings is 2. The first-order chi connectivity index (χ1) is 11.4. The summed E-state index contributed by atoms with van der Waals surface area (Å²) in [5.41, 5.74) is 0.190. The van der Waals surface area contributed by atoms with Gasteiger partial charge in [0.25, 0.3) is 0 Å². The summed E-state index contributed by atoms with van der Waals surface area (Å²) in [7, 11) is -2.06. The van der Waals surface area contributed by atoms with Crippen LogP contribution in [0.5, 0.6) is 0 Å². The van der Waals surface area contributed by atoms with Crippen molar-refractivity contribution in [1.82, 2.24) is 4.72 Å². The molecule has 0 aromatic heterocycles. The molecular weight excluding hydrogens is 329 g/mol. The van der Waals surface area contributed by atoms with Gasteiger partial charge < -0.3 is 4.74 Å². The van der Waals surface area contributed by atoms with E-state index in [4.69, 9.17) is 4.74 Å². The Morgan fingerprint density at radius 1 is 1.08 bits per heavy atom. The summed E-state index contributed by atoms with van der Waals surface area (Å²) in [6, 6.07) is 15.6. The summed E-state index contributed by atoms with van der Waals surface area (Å²) < 4.78 is 46.4. The quantitative estimate of drug-likeness (QED) is 0.796. The molecule has 6 heteroatoms. The molecule has 2 aromatic carbocycles. The van der Waals surface area contributed by atoms with Crippen LogP contribution in [0.4, 0.5) is 4.39 Å². The fourth-order valence-corrected chi connectivity index (χ4v) is 3.53. The van der Waals surface area contributed by atoms with Crippen LogP contribution in [0.25, 0.3) is 0 Å². The van der Waals surface area contributed by atoms with Gasteiger partial charge >= 0.3 is 0 Å². The van der Waals surface area contributed by atoms with Gasteiger partial charge in [-0.05, 0) is 25.0 Å². The Kier molecular flexibility index (Phi) is 6.10. The van der Waals surface area contributed by atoms with E-state index in [0.717, 1.165) is 5.56 Å². The van der Waals surface area contributed by atoms with Crippen LogP contribution in [0.1, 0.15) is 18.1 Å². The number of hydrogen-bond donors (Lipinski definition) is 1. The lowest BCUT2D eigenvalue weighted by atomic mass is 9.95. The third kappa shape index (κ3) is 4.87. The lowest BCUT2D eigenvalue weighted by Gasteiger charge is -2.29. The highest BCUT2D eigenvalue weighted by Gasteiger charge is 2.30. The van der Waals surface area contributed by atoms with Crippen LogP contribution in [0.2, 0.25) is 0 Å². The standard InChI is InChI=1S/C18H22FNO3S/c1-18(23-2,16-10-6-7-11-17(16)19)14-20-24(21,22)13-12-15-8-4-3-5-9-15/h3-11,20H,12-14H2,1-2H3. The number of sulfonamides is 1. The summed E-state index contributed by atoms with van der Waals surface area (Å²) in [5, 5.41) is 0. The van der Waals surface area contributed by atoms with Gasteiger partial charge in [-0.25, -0.2) is 17.5 Å². The fourth-order valence-electron chi connectivity index (χ4n) is 2.38. The molecule has 0 saturated heterocycles. The van der Waals surface area contributed by atoms with Crippen LogP contribution in [-0.2, 0) is 26.8 Å². The van der Waals surface area contributed by atoms with Crippen molar-refractivity contribution in [3.63, 3.8) is 0 Å². The van der Waals surface area contributed by atoms with E-state index in [0.29, 0.717) is 12.0 Å². The van der Waals surface area contributed by atoms with Crippen molar-refractivity contribution in [3.8, 4) is 0 Å². The summed E-state index contributed by atoms with van der Waals surface area (Å²) in [5.74, 6) is -0.459. The summed E-state index contributed by atoms with van der Waals surface area (Å²) in [6.45, 7) is 1.62. The number of halogens is 1. The molecule has 130 valence electrons. The summed E-state index contributed by atoms with van der Waals surface area (Å²) >= 11 is 0. The molecule has 0 bridgehead atoms. The molecule has 0 aliphatic rings. The highest BCUT2D eigenvalue weighted by atomic mass is 32.2. The first-order valence-corrected chi connectivity index (χ1v) is 9.33. The van der Waals surface area contributed by atoms with E-state index in [2.05, 4.69) is 4.72 Å². The molecule has 1 unspecified atom stereocenters. The van der Waals surface area contributed by atoms with Gasteiger partial charge in [0.15, 0.2) is 0 Å². The Balaban J connectivity index is 2.02. The number of ether oxygens (including phenoxy) is 1. The Morgan fingerprint density at radius 2 is 1.71 bits per heavy atom. The monoisotopic (exact) mass is 351 g/mol. The van der Waals surface area contributed by atoms with Gasteiger partial charge in [-0.15, -0.1) is 0 Å². The highest BCUT2D eigenvalue weighted by Crippen LogP contribution is 2.26. The van der Waals surface area contributed by atoms with Gasteiger partial charge in [-0.1, -0.05) is 48.5 Å². The molecule has 24 heavy (non-hydrogen) atoms. The first kappa shape index (κ1) is 18.6. The van der Waals surface area contributed by atoms with Gasteiger partial charge in [0.2, 0.25) is 10.0 Å². The molecule has 2 aromatic rings. The average Bonchev–Trinajstić information content (AvgIpc) is 2.59. The second kappa shape index (κ2) is 7.88. The fraction of sp³-hybridized carbons (Fsp3) is 0.333. The molecule has 0 fully saturated rings. The van der Waals surface area contributed by atoms with Crippen molar-refractivity contribution in [2.45, 2.75) is 18.9 Å². The molecule has 0 radical (unpaired) electrons. The van der Waals surface area contributed by atoms with E-state index in [1.54, 1.807) is 25.1 Å². The van der Waals surface area contributed by atoms with Crippen molar-refractivity contribution in [2.75, 3.05) is 19.4 Å². The maximum absolute atomic E-state index is 14.0. The molecule has 0 aliphatic carbocycles. The van der Waals surface area contributed by atoms with E-state index in [-0.39, 0.29) is 12.3 Å². The lowest BCUT2D eigenvalue weighted by molar-refractivity contribution is 0.00411. The predicted octanol–water partition coefficient (Wildman–Crippen LogP) is 2.85. The third-order valence-corrected chi connectivity index (χ3v) is 5.35. The number of methoxy groups -OCH3 is 1. The van der Waals surface area contributed by atoms with Gasteiger partial charge in [-0.2, -0.15) is 0 Å². The summed E-state index contributed by atoms with van der Waals surface area (Å²) in [6.07, 6.45) is 0.416. The van der Waals surface area contributed by atoms with Gasteiger partial charge in [0, 0.05) is 19.2 Å². The SMILES string of the molecule is COC(C)(CNS(=O)(=O)CCc1ccccc1)c1ccccc1F. The summed E-state index contributed by atoms with van der Waals surface area (Å²) in [4.78, 5) is 0. The normalized spacial score (nSPS) is 14.3. The van der Waals surface area contributed by atoms with E-state index >= 15 is 0 Å². The molecule has 0 spiro atoms. The van der Waals surface area contributed by atoms with Crippen molar-refractivity contribution < 1.29 is 17.5 Å². The highest BCUT2D eigenvalue weighted by molar-refractivity contribution is 7.89. The Morgan fingerprint density at radius 3 is 2.33 bits per heavy atom. The molecular formula is C18H22FNO3S. The maximum Gasteiger partial charge on any atom is 0.212 e. The molecule has 0 saturated carbocycles. The molecule has 1 atom stereocenters. The van der Waals surface area contributed by atoms with Gasteiger partial charge in [-0.3, -0.25) is 0 Å². The van der Waals surface area contributed by atoms with E-state index in [1.165, 1.54) is 13.2 Å². The zero-order valence-corrected chi connectivity index (χ0v) is 14.6. The topological polar surface area (TPSA) is 55.4 Å². The minimum Gasteiger partial charge on any atom is -0.372 e. The van der Waals surface area contributed by atoms with Crippen molar-refractivity contribution >= 4 is 10.0 Å². The number of hydrogen-bond acceptors (Lipinski definition) is 3. The average molecular weight is 351 g/mol. The second-order valence-electron chi connectivity index (χ2n) is 5.79. The minimum absolute atomic E-state index is 0.0337. The molecule has 2 rings (SSSR count). The molecule has 0 amide bonds. The van der Waals surface area contributed by atoms with Crippen molar-refractivity contribution in [1.29, 1.82) is 0 Å². The molecule has 0 aliphatic heterocycles. The smallest absolute Gasteiger partial charge is 0.212 e. The van der Waals surface area contributed by atoms with E-state index < -0.39 is 21.4 Å². The second-order valence-corrected chi connectivity index (χ2v) is 7.72. The van der Waals surface area contributed by atoms with Crippen LogP contribution in [0.15, 0.2) is 54.6 Å². The van der Waals surface area contributed by atoms with Crippen LogP contribution < -0.4 is 4.72 Å². The van der Waals surface area contributed by atoms with Crippen molar-refractivity contribution in [3.05, 3.63) is 71.5 Å². The minimum atomic E-state index is -3.50. The predicted molar refractivity (Wildman–Crippen MR) is 92.7 cm³/mol. The molecule has 0 heterocycles. The lowest BCUT2D eigenvalue weighted by Crippen LogP contribution is -2.41. The van der Waals surface area contributed by atoms with Gasteiger partial charge in [0.05, 0.1) is 5.75 Å². The maximum atomic E-state index is 14.0. The number of aryl methyl sites for hydroxylation is 1. The zero-order chi connectivity index (χ0) is 17.6. The molecule has 4 nitrogen and oxygen atoms in total. The Hall–Kier alpha value is -1.76. The Labute approximate surface area is 142 Å². The van der Waals surface area contributed by atoms with Crippen LogP contribution in [0, 0.1) is 5.82 Å². The van der Waals surface area contributed by atoms with E-state index in [1.807, 2.05) is 30.3 Å². The number of nitrogens with one attached hydrogen (secondary N) is 1. The van der Waals surface area contributed by atoms with Gasteiger partial charge in [0.1, 0.15) is 11.4 Å². The third-order valence-electron chi connectivity index (χ3n) is 4.03. The largest absolute Gasteiger partial charge is 0.372 e. The van der Waals surface area contributed by atoms with Crippen molar-refractivity contribution in [2.24, 2.45) is 0 Å². The number of rotatable bonds is 8. The molecule has 1 N–H and O–H groups in total. The first-order valence-electron chi connectivity index (χ1n) is 7.68. The van der Waals surface area contributed by atoms with E-state index in [9.17, 15) is 12.8 Å². The Bertz CT molecular complexity index is 765. The van der Waals surface area contributed by atoms with Crippen LogP contribution in [-0.4, -0.2) is 27.8 Å². The zero-order valence-electron chi connectivity index (χ0n) is 13.8. The van der Waals surface area contributed by atoms with Crippen LogP contribution in [0.3, 0.4) is 0 Å². The van der Waals surface area contributed by atoms with Crippen LogP contribution >= 0.6 is 0 Å².